The van der Waals surface area contributed by atoms with Crippen LogP contribution in [0.4, 0.5) is 0 Å². The highest BCUT2D eigenvalue weighted by Gasteiger charge is 2.32. The van der Waals surface area contributed by atoms with E-state index in [1.807, 2.05) is 20.8 Å². The second-order valence-electron chi connectivity index (χ2n) is 3.57. The molecule has 0 atom stereocenters. The van der Waals surface area contributed by atoms with E-state index in [9.17, 15) is 4.79 Å². The third-order valence-corrected chi connectivity index (χ3v) is 2.66. The number of oxime groups is 1. The van der Waals surface area contributed by atoms with Gasteiger partial charge in [0.15, 0.2) is 5.84 Å². The second kappa shape index (κ2) is 6.27. The van der Waals surface area contributed by atoms with Crippen molar-refractivity contribution in [2.24, 2.45) is 10.9 Å². The molecule has 5 heteroatoms. The quantitative estimate of drug-likeness (QED) is 0.269. The molecule has 0 saturated carbocycles. The Morgan fingerprint density at radius 3 is 2.27 bits per heavy atom. The minimum atomic E-state index is -0.707. The summed E-state index contributed by atoms with van der Waals surface area (Å²) in [7, 11) is 0. The molecule has 88 valence electrons. The van der Waals surface area contributed by atoms with Gasteiger partial charge in [-0.2, -0.15) is 0 Å². The Labute approximate surface area is 90.7 Å². The third-order valence-electron chi connectivity index (χ3n) is 2.66. The first-order chi connectivity index (χ1) is 7.06. The summed E-state index contributed by atoms with van der Waals surface area (Å²) in [5.41, 5.74) is 4.90. The fraction of sp³-hybridized carbons (Fsp3) is 0.800. The van der Waals surface area contributed by atoms with Gasteiger partial charge in [-0.05, 0) is 19.3 Å². The summed E-state index contributed by atoms with van der Waals surface area (Å²) in [5, 5.41) is 14.5. The minimum absolute atomic E-state index is 0.0622. The van der Waals surface area contributed by atoms with E-state index in [1.54, 1.807) is 0 Å². The van der Waals surface area contributed by atoms with Gasteiger partial charge < -0.3 is 16.3 Å². The number of nitrogens with two attached hydrogens (primary N) is 1. The molecule has 0 aliphatic rings. The molecule has 4 N–H and O–H groups in total. The van der Waals surface area contributed by atoms with Crippen LogP contribution in [0.15, 0.2) is 5.16 Å². The van der Waals surface area contributed by atoms with E-state index >= 15 is 0 Å². The number of rotatable bonds is 6. The molecular formula is C10H21N3O2. The smallest absolute Gasteiger partial charge is 0.220 e. The summed E-state index contributed by atoms with van der Waals surface area (Å²) in [6.45, 7) is 5.73. The number of carbonyl (C=O) groups excluding carboxylic acids is 1. The zero-order valence-corrected chi connectivity index (χ0v) is 9.71. The maximum Gasteiger partial charge on any atom is 0.220 e. The average Bonchev–Trinajstić information content (AvgIpc) is 2.25. The topological polar surface area (TPSA) is 87.7 Å². The van der Waals surface area contributed by atoms with Crippen LogP contribution in [0.3, 0.4) is 0 Å². The van der Waals surface area contributed by atoms with Gasteiger partial charge in [0.1, 0.15) is 5.54 Å². The zero-order valence-electron chi connectivity index (χ0n) is 9.71. The summed E-state index contributed by atoms with van der Waals surface area (Å²) in [4.78, 5) is 11.5. The van der Waals surface area contributed by atoms with Crippen molar-refractivity contribution in [3.05, 3.63) is 0 Å². The van der Waals surface area contributed by atoms with Crippen molar-refractivity contribution in [2.45, 2.75) is 52.0 Å². The van der Waals surface area contributed by atoms with Gasteiger partial charge in [0, 0.05) is 6.42 Å². The number of amides is 1. The summed E-state index contributed by atoms with van der Waals surface area (Å²) in [6, 6.07) is 0. The van der Waals surface area contributed by atoms with E-state index in [0.29, 0.717) is 19.3 Å². The molecule has 5 nitrogen and oxygen atoms in total. The van der Waals surface area contributed by atoms with Crippen LogP contribution in [-0.2, 0) is 4.79 Å². The molecular weight excluding hydrogens is 194 g/mol. The molecule has 0 radical (unpaired) electrons. The first-order valence-electron chi connectivity index (χ1n) is 5.35. The number of nitrogens with zero attached hydrogens (tertiary/aromatic N) is 1. The van der Waals surface area contributed by atoms with E-state index in [4.69, 9.17) is 10.9 Å². The van der Waals surface area contributed by atoms with E-state index < -0.39 is 5.54 Å². The van der Waals surface area contributed by atoms with Crippen LogP contribution in [0.5, 0.6) is 0 Å². The molecule has 0 aromatic heterocycles. The predicted molar refractivity (Wildman–Crippen MR) is 59.8 cm³/mol. The number of nitrogens with one attached hydrogen (secondary N) is 1. The van der Waals surface area contributed by atoms with Crippen LogP contribution in [0.25, 0.3) is 0 Å². The number of amidine groups is 1. The minimum Gasteiger partial charge on any atom is -0.409 e. The number of carbonyl (C=O) groups is 1. The maximum absolute atomic E-state index is 11.5. The molecule has 0 fully saturated rings. The third kappa shape index (κ3) is 3.42. The lowest BCUT2D eigenvalue weighted by molar-refractivity contribution is -0.122. The maximum atomic E-state index is 11.5. The fourth-order valence-corrected chi connectivity index (χ4v) is 1.51. The van der Waals surface area contributed by atoms with E-state index in [1.165, 1.54) is 0 Å². The highest BCUT2D eigenvalue weighted by Crippen LogP contribution is 2.15. The Hall–Kier alpha value is -1.26. The molecule has 0 heterocycles. The standard InChI is InChI=1S/C10H21N3O2/c1-4-7-8(14)12-10(5-2,6-3)9(11)13-15/h15H,4-7H2,1-3H3,(H2,11,13)(H,12,14). The van der Waals surface area contributed by atoms with Crippen LogP contribution in [0, 0.1) is 0 Å². The summed E-state index contributed by atoms with van der Waals surface area (Å²) in [6.07, 6.45) is 2.45. The Bertz CT molecular complexity index is 235. The Morgan fingerprint density at radius 1 is 1.40 bits per heavy atom. The van der Waals surface area contributed by atoms with Gasteiger partial charge in [-0.1, -0.05) is 25.9 Å². The van der Waals surface area contributed by atoms with Crippen LogP contribution < -0.4 is 11.1 Å². The largest absolute Gasteiger partial charge is 0.409 e. The lowest BCUT2D eigenvalue weighted by Gasteiger charge is -2.31. The number of hydrogen-bond acceptors (Lipinski definition) is 3. The average molecular weight is 215 g/mol. The fourth-order valence-electron chi connectivity index (χ4n) is 1.51. The summed E-state index contributed by atoms with van der Waals surface area (Å²) >= 11 is 0. The van der Waals surface area contributed by atoms with Gasteiger partial charge in [0.05, 0.1) is 0 Å². The van der Waals surface area contributed by atoms with Gasteiger partial charge in [-0.15, -0.1) is 0 Å². The van der Waals surface area contributed by atoms with Gasteiger partial charge in [0.2, 0.25) is 5.91 Å². The van der Waals surface area contributed by atoms with Crippen LogP contribution in [-0.4, -0.2) is 22.5 Å². The zero-order chi connectivity index (χ0) is 11.9. The first-order valence-corrected chi connectivity index (χ1v) is 5.35. The van der Waals surface area contributed by atoms with Crippen LogP contribution in [0.1, 0.15) is 46.5 Å². The second-order valence-corrected chi connectivity index (χ2v) is 3.57. The van der Waals surface area contributed by atoms with Crippen molar-refractivity contribution in [1.29, 1.82) is 0 Å². The van der Waals surface area contributed by atoms with Gasteiger partial charge >= 0.3 is 0 Å². The normalized spacial score (nSPS) is 12.6. The lowest BCUT2D eigenvalue weighted by atomic mass is 9.91. The predicted octanol–water partition coefficient (Wildman–Crippen LogP) is 1.21. The van der Waals surface area contributed by atoms with Crippen LogP contribution >= 0.6 is 0 Å². The molecule has 0 aliphatic carbocycles. The molecule has 0 saturated heterocycles. The van der Waals surface area contributed by atoms with Crippen molar-refractivity contribution >= 4 is 11.7 Å². The Morgan fingerprint density at radius 2 is 1.93 bits per heavy atom. The molecule has 0 spiro atoms. The molecule has 0 aliphatic heterocycles. The van der Waals surface area contributed by atoms with Crippen molar-refractivity contribution in [3.8, 4) is 0 Å². The molecule has 0 aromatic rings. The highest BCUT2D eigenvalue weighted by atomic mass is 16.4. The van der Waals surface area contributed by atoms with Gasteiger partial charge in [-0.25, -0.2) is 0 Å². The van der Waals surface area contributed by atoms with Crippen LogP contribution in [0.2, 0.25) is 0 Å². The lowest BCUT2D eigenvalue weighted by Crippen LogP contribution is -2.56. The van der Waals surface area contributed by atoms with Crippen molar-refractivity contribution in [3.63, 3.8) is 0 Å². The van der Waals surface area contributed by atoms with Crippen molar-refractivity contribution < 1.29 is 10.0 Å². The highest BCUT2D eigenvalue weighted by molar-refractivity contribution is 5.93. The molecule has 0 aromatic carbocycles. The summed E-state index contributed by atoms with van der Waals surface area (Å²) < 4.78 is 0. The Balaban J connectivity index is 4.72. The summed E-state index contributed by atoms with van der Waals surface area (Å²) in [5.74, 6) is 0.00440. The number of hydrogen-bond donors (Lipinski definition) is 3. The molecule has 0 bridgehead atoms. The molecule has 15 heavy (non-hydrogen) atoms. The molecule has 0 unspecified atom stereocenters. The van der Waals surface area contributed by atoms with Crippen molar-refractivity contribution in [1.82, 2.24) is 5.32 Å². The van der Waals surface area contributed by atoms with E-state index in [2.05, 4.69) is 10.5 Å². The molecule has 0 rings (SSSR count). The Kier molecular flexibility index (Phi) is 5.74. The van der Waals surface area contributed by atoms with Gasteiger partial charge in [-0.3, -0.25) is 4.79 Å². The SMILES string of the molecule is CCCC(=O)NC(CC)(CC)/C(N)=N/O. The molecule has 1 amide bonds. The van der Waals surface area contributed by atoms with E-state index in [-0.39, 0.29) is 11.7 Å². The van der Waals surface area contributed by atoms with Gasteiger partial charge in [0.25, 0.3) is 0 Å². The monoisotopic (exact) mass is 215 g/mol. The van der Waals surface area contributed by atoms with E-state index in [0.717, 1.165) is 6.42 Å². The first kappa shape index (κ1) is 13.7. The van der Waals surface area contributed by atoms with Crippen molar-refractivity contribution in [2.75, 3.05) is 0 Å².